The molecule has 1 aliphatic heterocycles. The van der Waals surface area contributed by atoms with Crippen molar-refractivity contribution in [3.63, 3.8) is 0 Å². The fraction of sp³-hybridized carbons (Fsp3) is 0.188. The number of likely N-dealkylation sites (tertiary alicyclic amines) is 1. The van der Waals surface area contributed by atoms with E-state index in [0.29, 0.717) is 6.42 Å². The van der Waals surface area contributed by atoms with Gasteiger partial charge in [-0.05, 0) is 39.3 Å². The molecule has 0 unspecified atom stereocenters. The summed E-state index contributed by atoms with van der Waals surface area (Å²) in [4.78, 5) is 27.3. The average molecular weight is 554 g/mol. The van der Waals surface area contributed by atoms with Gasteiger partial charge in [-0.15, -0.1) is 0 Å². The molecule has 0 bridgehead atoms. The van der Waals surface area contributed by atoms with Crippen molar-refractivity contribution in [2.24, 2.45) is 0 Å². The maximum Gasteiger partial charge on any atom is 0.410 e. The van der Waals surface area contributed by atoms with Gasteiger partial charge in [0.1, 0.15) is 12.6 Å². The third kappa shape index (κ3) is 4.48. The second-order valence-electron chi connectivity index (χ2n) is 10.0. The highest BCUT2D eigenvalue weighted by molar-refractivity contribution is 8.22. The van der Waals surface area contributed by atoms with Crippen LogP contribution in [0.4, 0.5) is 4.79 Å². The van der Waals surface area contributed by atoms with Gasteiger partial charge in [-0.25, -0.2) is 9.59 Å². The topological polar surface area (TPSA) is 66.8 Å². The van der Waals surface area contributed by atoms with E-state index in [-0.39, 0.29) is 24.7 Å². The van der Waals surface area contributed by atoms with Gasteiger partial charge >= 0.3 is 12.1 Å². The molecule has 1 amide bonds. The van der Waals surface area contributed by atoms with Gasteiger partial charge in [0, 0.05) is 24.2 Å². The van der Waals surface area contributed by atoms with Gasteiger partial charge in [-0.2, -0.15) is 0 Å². The lowest BCUT2D eigenvalue weighted by Gasteiger charge is -2.29. The Labute approximate surface area is 233 Å². The molecule has 7 heteroatoms. The van der Waals surface area contributed by atoms with Gasteiger partial charge < -0.3 is 9.84 Å². The van der Waals surface area contributed by atoms with Crippen molar-refractivity contribution in [3.05, 3.63) is 120 Å². The van der Waals surface area contributed by atoms with Crippen LogP contribution in [-0.4, -0.2) is 46.9 Å². The highest BCUT2D eigenvalue weighted by atomic mass is 32.4. The summed E-state index contributed by atoms with van der Waals surface area (Å²) in [6.45, 7) is 0.389. The largest absolute Gasteiger partial charge is 0.480 e. The number of aliphatic carboxylic acids is 1. The predicted molar refractivity (Wildman–Crippen MR) is 158 cm³/mol. The fourth-order valence-corrected chi connectivity index (χ4v) is 10.5. The minimum atomic E-state index is -2.43. The molecule has 1 N–H and O–H groups in total. The Kier molecular flexibility index (Phi) is 6.84. The predicted octanol–water partition coefficient (Wildman–Crippen LogP) is 5.59. The third-order valence-corrected chi connectivity index (χ3v) is 13.6. The second kappa shape index (κ2) is 10.4. The molecular weight excluding hydrogens is 525 g/mol. The monoisotopic (exact) mass is 553 g/mol. The van der Waals surface area contributed by atoms with Crippen molar-refractivity contribution in [3.8, 4) is 11.1 Å². The van der Waals surface area contributed by atoms with Crippen LogP contribution in [0.25, 0.3) is 11.1 Å². The van der Waals surface area contributed by atoms with E-state index in [9.17, 15) is 14.7 Å². The van der Waals surface area contributed by atoms with E-state index in [1.165, 1.54) is 4.90 Å². The van der Waals surface area contributed by atoms with E-state index in [1.54, 1.807) is 0 Å². The number of amides is 1. The molecule has 4 aromatic carbocycles. The maximum atomic E-state index is 13.5. The molecule has 2 aliphatic rings. The molecule has 196 valence electrons. The summed E-state index contributed by atoms with van der Waals surface area (Å²) < 4.78 is 5.88. The van der Waals surface area contributed by atoms with Crippen molar-refractivity contribution < 1.29 is 19.4 Å². The zero-order chi connectivity index (χ0) is 27.0. The normalized spacial score (nSPS) is 18.4. The minimum absolute atomic E-state index is 0.0952. The highest BCUT2D eigenvalue weighted by Gasteiger charge is 2.47. The number of hydrogen-bond acceptors (Lipinski definition) is 4. The van der Waals surface area contributed by atoms with Gasteiger partial charge in [-0.3, -0.25) is 4.90 Å². The summed E-state index contributed by atoms with van der Waals surface area (Å²) >= 11 is 6.45. The van der Waals surface area contributed by atoms with Crippen molar-refractivity contribution in [1.29, 1.82) is 0 Å². The molecule has 2 atom stereocenters. The SMILES string of the molecule is O=C(O)[C@@H]1C[C@H](P(=S)(c2ccccc2)c2ccccc2)CN1C(=O)OCC1c2ccccc2-c2ccccc21. The zero-order valence-corrected chi connectivity index (χ0v) is 22.9. The number of benzene rings is 4. The molecule has 5 nitrogen and oxygen atoms in total. The first-order valence-corrected chi connectivity index (χ1v) is 15.9. The van der Waals surface area contributed by atoms with Gasteiger partial charge in [-0.1, -0.05) is 121 Å². The Balaban J connectivity index is 1.27. The number of hydrogen-bond donors (Lipinski definition) is 1. The second-order valence-corrected chi connectivity index (χ2v) is 14.8. The molecule has 6 rings (SSSR count). The first-order chi connectivity index (χ1) is 19.0. The standard InChI is InChI=1S/C32H28NO4PS/c34-31(35)30-19-24(38(39,22-11-3-1-4-12-22)23-13-5-2-6-14-23)20-33(30)32(36)37-21-29-27-17-9-7-15-25(27)26-16-8-10-18-28(26)29/h1-18,24,29-30H,19-21H2,(H,34,35)/t24-,30-/m0/s1. The van der Waals surface area contributed by atoms with E-state index in [1.807, 2.05) is 84.9 Å². The Morgan fingerprint density at radius 1 is 0.795 bits per heavy atom. The van der Waals surface area contributed by atoms with Crippen LogP contribution in [0.15, 0.2) is 109 Å². The summed E-state index contributed by atoms with van der Waals surface area (Å²) in [7, 11) is 0. The van der Waals surface area contributed by atoms with Crippen molar-refractivity contribution in [1.82, 2.24) is 4.90 Å². The number of carbonyl (C=O) groups is 2. The Morgan fingerprint density at radius 2 is 1.28 bits per heavy atom. The van der Waals surface area contributed by atoms with Crippen molar-refractivity contribution >= 4 is 40.5 Å². The molecule has 1 saturated heterocycles. The van der Waals surface area contributed by atoms with Crippen LogP contribution in [0, 0.1) is 0 Å². The first kappa shape index (κ1) is 25.5. The lowest BCUT2D eigenvalue weighted by Crippen LogP contribution is -2.41. The van der Waals surface area contributed by atoms with E-state index in [0.717, 1.165) is 32.9 Å². The molecule has 0 radical (unpaired) electrons. The first-order valence-electron chi connectivity index (χ1n) is 13.0. The minimum Gasteiger partial charge on any atom is -0.480 e. The van der Waals surface area contributed by atoms with Crippen LogP contribution < -0.4 is 10.6 Å². The Bertz CT molecular complexity index is 1490. The molecule has 0 aromatic heterocycles. The fourth-order valence-electron chi connectivity index (χ4n) is 6.06. The number of carboxylic acid groups (broad SMARTS) is 1. The average Bonchev–Trinajstić information content (AvgIpc) is 3.57. The molecule has 1 fully saturated rings. The summed E-state index contributed by atoms with van der Waals surface area (Å²) in [5, 5.41) is 12.2. The quantitative estimate of drug-likeness (QED) is 0.315. The molecule has 1 heterocycles. The van der Waals surface area contributed by atoms with E-state index >= 15 is 0 Å². The maximum absolute atomic E-state index is 13.5. The van der Waals surface area contributed by atoms with E-state index < -0.39 is 24.1 Å². The van der Waals surface area contributed by atoms with Gasteiger partial charge in [0.15, 0.2) is 0 Å². The van der Waals surface area contributed by atoms with Crippen LogP contribution in [0.2, 0.25) is 0 Å². The lowest BCUT2D eigenvalue weighted by atomic mass is 9.98. The number of carboxylic acids is 1. The van der Waals surface area contributed by atoms with Crippen LogP contribution in [0.1, 0.15) is 23.5 Å². The molecule has 39 heavy (non-hydrogen) atoms. The van der Waals surface area contributed by atoms with Crippen LogP contribution in [0.5, 0.6) is 0 Å². The van der Waals surface area contributed by atoms with E-state index in [4.69, 9.17) is 16.5 Å². The number of fused-ring (bicyclic) bond motifs is 3. The number of ether oxygens (including phenoxy) is 1. The van der Waals surface area contributed by atoms with Crippen molar-refractivity contribution in [2.45, 2.75) is 24.0 Å². The summed E-state index contributed by atoms with van der Waals surface area (Å²) in [6.07, 6.45) is -0.310. The Hall–Kier alpha value is -3.73. The molecule has 4 aromatic rings. The van der Waals surface area contributed by atoms with Crippen LogP contribution >= 0.6 is 6.04 Å². The van der Waals surface area contributed by atoms with Gasteiger partial charge in [0.2, 0.25) is 0 Å². The molecule has 0 saturated carbocycles. The molecule has 0 spiro atoms. The molecular formula is C32H28NO4PS. The lowest BCUT2D eigenvalue weighted by molar-refractivity contribution is -0.141. The van der Waals surface area contributed by atoms with Gasteiger partial charge in [0.05, 0.1) is 0 Å². The van der Waals surface area contributed by atoms with Crippen molar-refractivity contribution in [2.75, 3.05) is 13.2 Å². The highest BCUT2D eigenvalue weighted by Crippen LogP contribution is 2.53. The Morgan fingerprint density at radius 3 is 1.79 bits per heavy atom. The van der Waals surface area contributed by atoms with Crippen LogP contribution in [0.3, 0.4) is 0 Å². The third-order valence-electron chi connectivity index (χ3n) is 7.93. The number of rotatable bonds is 6. The summed E-state index contributed by atoms with van der Waals surface area (Å²) in [5.74, 6) is -1.13. The van der Waals surface area contributed by atoms with E-state index in [2.05, 4.69) is 24.3 Å². The zero-order valence-electron chi connectivity index (χ0n) is 21.2. The summed E-state index contributed by atoms with van der Waals surface area (Å²) in [6, 6.07) is 32.8. The number of nitrogens with zero attached hydrogens (tertiary/aromatic N) is 1. The number of carbonyl (C=O) groups excluding carboxylic acids is 1. The van der Waals surface area contributed by atoms with Crippen LogP contribution in [-0.2, 0) is 21.3 Å². The smallest absolute Gasteiger partial charge is 0.410 e. The molecule has 1 aliphatic carbocycles. The van der Waals surface area contributed by atoms with Gasteiger partial charge in [0.25, 0.3) is 0 Å². The summed E-state index contributed by atoms with van der Waals surface area (Å²) in [5.41, 5.74) is 4.34.